The summed E-state index contributed by atoms with van der Waals surface area (Å²) in [6.07, 6.45) is 2.53. The van der Waals surface area contributed by atoms with Crippen molar-refractivity contribution in [2.24, 2.45) is 11.8 Å². The molecule has 1 rings (SSSR count). The lowest BCUT2D eigenvalue weighted by Crippen LogP contribution is -2.42. The summed E-state index contributed by atoms with van der Waals surface area (Å²) in [5.41, 5.74) is 0. The van der Waals surface area contributed by atoms with Gasteiger partial charge in [-0.05, 0) is 18.9 Å². The van der Waals surface area contributed by atoms with Crippen molar-refractivity contribution in [3.8, 4) is 6.19 Å². The van der Waals surface area contributed by atoms with Crippen LogP contribution < -0.4 is 10.6 Å². The van der Waals surface area contributed by atoms with Crippen LogP contribution in [-0.2, 0) is 4.79 Å². The smallest absolute Gasteiger partial charge is 0.237 e. The molecule has 1 aliphatic rings. The van der Waals surface area contributed by atoms with E-state index in [0.717, 1.165) is 13.0 Å². The summed E-state index contributed by atoms with van der Waals surface area (Å²) in [7, 11) is 0. The third-order valence-corrected chi connectivity index (χ3v) is 2.12. The van der Waals surface area contributed by atoms with Gasteiger partial charge in [0.05, 0.1) is 5.92 Å². The molecule has 0 aromatic heterocycles. The summed E-state index contributed by atoms with van der Waals surface area (Å²) in [5.74, 6) is 0.332. The number of carbonyl (C=O) groups excluding carboxylic acids is 1. The Labute approximate surface area is 71.9 Å². The van der Waals surface area contributed by atoms with Crippen LogP contribution in [0.25, 0.3) is 0 Å². The molecule has 0 bridgehead atoms. The fourth-order valence-corrected chi connectivity index (χ4v) is 1.51. The van der Waals surface area contributed by atoms with Crippen molar-refractivity contribution in [2.45, 2.75) is 13.3 Å². The molecule has 1 fully saturated rings. The summed E-state index contributed by atoms with van der Waals surface area (Å²) in [6.45, 7) is 3.76. The topological polar surface area (TPSA) is 64.9 Å². The number of amides is 1. The lowest BCUT2D eigenvalue weighted by molar-refractivity contribution is -0.124. The molecule has 0 spiro atoms. The zero-order valence-electron chi connectivity index (χ0n) is 7.13. The molecule has 0 saturated carbocycles. The SMILES string of the molecule is CC1CNCC(C(=O)NC#N)C1. The highest BCUT2D eigenvalue weighted by atomic mass is 16.1. The van der Waals surface area contributed by atoms with Crippen molar-refractivity contribution in [1.82, 2.24) is 10.6 Å². The molecule has 1 saturated heterocycles. The van der Waals surface area contributed by atoms with Crippen molar-refractivity contribution >= 4 is 5.91 Å². The van der Waals surface area contributed by atoms with Crippen LogP contribution in [0, 0.1) is 23.3 Å². The zero-order chi connectivity index (χ0) is 8.97. The maximum absolute atomic E-state index is 11.2. The minimum absolute atomic E-state index is 0.0339. The first-order chi connectivity index (χ1) is 5.74. The first kappa shape index (κ1) is 9.01. The Morgan fingerprint density at radius 3 is 3.00 bits per heavy atom. The van der Waals surface area contributed by atoms with Gasteiger partial charge in [0.15, 0.2) is 6.19 Å². The monoisotopic (exact) mass is 167 g/mol. The van der Waals surface area contributed by atoms with E-state index in [1.807, 2.05) is 0 Å². The molecule has 1 heterocycles. The molecule has 12 heavy (non-hydrogen) atoms. The Morgan fingerprint density at radius 2 is 2.42 bits per heavy atom. The largest absolute Gasteiger partial charge is 0.316 e. The number of hydrogen-bond donors (Lipinski definition) is 2. The quantitative estimate of drug-likeness (QED) is 0.421. The van der Waals surface area contributed by atoms with E-state index in [1.54, 1.807) is 6.19 Å². The third-order valence-electron chi connectivity index (χ3n) is 2.12. The molecule has 0 radical (unpaired) electrons. The molecule has 1 aliphatic heterocycles. The van der Waals surface area contributed by atoms with Crippen LogP contribution in [0.15, 0.2) is 0 Å². The lowest BCUT2D eigenvalue weighted by Gasteiger charge is -2.25. The van der Waals surface area contributed by atoms with Gasteiger partial charge in [0.1, 0.15) is 0 Å². The van der Waals surface area contributed by atoms with Gasteiger partial charge in [0.25, 0.3) is 0 Å². The number of nitriles is 1. The van der Waals surface area contributed by atoms with Crippen LogP contribution in [0.2, 0.25) is 0 Å². The van der Waals surface area contributed by atoms with Crippen LogP contribution in [0.4, 0.5) is 0 Å². The first-order valence-corrected chi connectivity index (χ1v) is 4.13. The van der Waals surface area contributed by atoms with Crippen LogP contribution in [-0.4, -0.2) is 19.0 Å². The summed E-state index contributed by atoms with van der Waals surface area (Å²) >= 11 is 0. The molecule has 2 unspecified atom stereocenters. The van der Waals surface area contributed by atoms with Gasteiger partial charge in [-0.25, -0.2) is 0 Å². The molecule has 2 N–H and O–H groups in total. The van der Waals surface area contributed by atoms with E-state index in [9.17, 15) is 4.79 Å². The maximum atomic E-state index is 11.2. The van der Waals surface area contributed by atoms with E-state index in [1.165, 1.54) is 0 Å². The predicted octanol–water partition coefficient (Wildman–Crippen LogP) is -0.171. The summed E-state index contributed by atoms with van der Waals surface area (Å²) in [4.78, 5) is 11.2. The van der Waals surface area contributed by atoms with Crippen molar-refractivity contribution in [3.63, 3.8) is 0 Å². The van der Waals surface area contributed by atoms with Gasteiger partial charge in [-0.1, -0.05) is 6.92 Å². The van der Waals surface area contributed by atoms with E-state index >= 15 is 0 Å². The van der Waals surface area contributed by atoms with Crippen LogP contribution in [0.1, 0.15) is 13.3 Å². The molecular formula is C8H13N3O. The lowest BCUT2D eigenvalue weighted by atomic mass is 9.91. The molecule has 4 heteroatoms. The van der Waals surface area contributed by atoms with Crippen LogP contribution in [0.3, 0.4) is 0 Å². The Kier molecular flexibility index (Phi) is 3.06. The van der Waals surface area contributed by atoms with Gasteiger partial charge in [-0.15, -0.1) is 0 Å². The summed E-state index contributed by atoms with van der Waals surface area (Å²) < 4.78 is 0. The molecular weight excluding hydrogens is 154 g/mol. The summed E-state index contributed by atoms with van der Waals surface area (Å²) in [6, 6.07) is 0. The Bertz CT molecular complexity index is 209. The highest BCUT2D eigenvalue weighted by Crippen LogP contribution is 2.15. The minimum atomic E-state index is -0.156. The third kappa shape index (κ3) is 2.21. The van der Waals surface area contributed by atoms with E-state index in [-0.39, 0.29) is 11.8 Å². The molecule has 1 amide bonds. The van der Waals surface area contributed by atoms with Crippen LogP contribution in [0.5, 0.6) is 0 Å². The number of nitrogens with zero attached hydrogens (tertiary/aromatic N) is 1. The molecule has 66 valence electrons. The van der Waals surface area contributed by atoms with E-state index < -0.39 is 0 Å². The summed E-state index contributed by atoms with van der Waals surface area (Å²) in [5, 5.41) is 13.5. The standard InChI is InChI=1S/C8H13N3O/c1-6-2-7(4-10-3-6)8(12)11-5-9/h6-7,10H,2-4H2,1H3,(H,11,12). The number of hydrogen-bond acceptors (Lipinski definition) is 3. The zero-order valence-corrected chi connectivity index (χ0v) is 7.13. The predicted molar refractivity (Wildman–Crippen MR) is 43.9 cm³/mol. The Balaban J connectivity index is 2.41. The average molecular weight is 167 g/mol. The van der Waals surface area contributed by atoms with Crippen molar-refractivity contribution in [1.29, 1.82) is 5.26 Å². The molecule has 4 nitrogen and oxygen atoms in total. The molecule has 2 atom stereocenters. The minimum Gasteiger partial charge on any atom is -0.316 e. The maximum Gasteiger partial charge on any atom is 0.237 e. The number of rotatable bonds is 1. The number of nitrogens with one attached hydrogen (secondary N) is 2. The molecule has 0 aromatic carbocycles. The highest BCUT2D eigenvalue weighted by molar-refractivity contribution is 5.80. The van der Waals surface area contributed by atoms with Crippen molar-refractivity contribution < 1.29 is 4.79 Å². The molecule has 0 aliphatic carbocycles. The fourth-order valence-electron chi connectivity index (χ4n) is 1.51. The fraction of sp³-hybridized carbons (Fsp3) is 0.750. The van der Waals surface area contributed by atoms with Crippen molar-refractivity contribution in [2.75, 3.05) is 13.1 Å². The van der Waals surface area contributed by atoms with E-state index in [2.05, 4.69) is 17.6 Å². The Morgan fingerprint density at radius 1 is 1.67 bits per heavy atom. The van der Waals surface area contributed by atoms with Crippen LogP contribution >= 0.6 is 0 Å². The van der Waals surface area contributed by atoms with E-state index in [4.69, 9.17) is 5.26 Å². The van der Waals surface area contributed by atoms with Gasteiger partial charge in [-0.3, -0.25) is 10.1 Å². The second kappa shape index (κ2) is 4.07. The van der Waals surface area contributed by atoms with Gasteiger partial charge >= 0.3 is 0 Å². The van der Waals surface area contributed by atoms with Gasteiger partial charge < -0.3 is 5.32 Å². The van der Waals surface area contributed by atoms with Crippen molar-refractivity contribution in [3.05, 3.63) is 0 Å². The number of carbonyl (C=O) groups is 1. The van der Waals surface area contributed by atoms with E-state index in [0.29, 0.717) is 12.5 Å². The molecule has 0 aromatic rings. The second-order valence-corrected chi connectivity index (χ2v) is 3.30. The number of piperidine rings is 1. The van der Waals surface area contributed by atoms with Gasteiger partial charge in [-0.2, -0.15) is 5.26 Å². The average Bonchev–Trinajstić information content (AvgIpc) is 2.05. The Hall–Kier alpha value is -1.08. The van der Waals surface area contributed by atoms with Gasteiger partial charge in [0, 0.05) is 6.54 Å². The highest BCUT2D eigenvalue weighted by Gasteiger charge is 2.24. The second-order valence-electron chi connectivity index (χ2n) is 3.30. The van der Waals surface area contributed by atoms with Gasteiger partial charge in [0.2, 0.25) is 5.91 Å². The normalized spacial score (nSPS) is 29.0. The first-order valence-electron chi connectivity index (χ1n) is 4.13.